The van der Waals surface area contributed by atoms with Crippen LogP contribution in [0.15, 0.2) is 48.7 Å². The molecule has 3 aromatic rings. The molecule has 2 aromatic carbocycles. The Kier molecular flexibility index (Phi) is 3.38. The summed E-state index contributed by atoms with van der Waals surface area (Å²) in [4.78, 5) is 0. The maximum Gasteiger partial charge on any atom is 0.214 e. The van der Waals surface area contributed by atoms with Crippen molar-refractivity contribution in [2.24, 2.45) is 0 Å². The Morgan fingerprint density at radius 2 is 1.64 bits per heavy atom. The van der Waals surface area contributed by atoms with E-state index in [4.69, 9.17) is 0 Å². The van der Waals surface area contributed by atoms with E-state index in [9.17, 15) is 0 Å². The molecule has 0 aliphatic carbocycles. The van der Waals surface area contributed by atoms with Gasteiger partial charge in [0.25, 0.3) is 0 Å². The molecule has 0 fully saturated rings. The summed E-state index contributed by atoms with van der Waals surface area (Å²) in [7, 11) is 0. The van der Waals surface area contributed by atoms with Gasteiger partial charge in [0.15, 0.2) is 11.7 Å². The number of rotatable bonds is 1. The molecule has 1 heteroatoms. The summed E-state index contributed by atoms with van der Waals surface area (Å²) >= 11 is 0. The molecule has 0 bridgehead atoms. The maximum absolute atomic E-state index is 2.54. The summed E-state index contributed by atoms with van der Waals surface area (Å²) in [6.07, 6.45) is 3.48. The second-order valence-electron chi connectivity index (χ2n) is 8.35. The van der Waals surface area contributed by atoms with Gasteiger partial charge in [-0.05, 0) is 49.1 Å². The van der Waals surface area contributed by atoms with Gasteiger partial charge in [-0.25, -0.2) is 0 Å². The van der Waals surface area contributed by atoms with Gasteiger partial charge in [-0.2, -0.15) is 4.57 Å². The lowest BCUT2D eigenvalue weighted by atomic mass is 9.62. The molecular weight excluding hydrogens is 302 g/mol. The fourth-order valence-electron chi connectivity index (χ4n) is 4.63. The van der Waals surface area contributed by atoms with Gasteiger partial charge in [0.1, 0.15) is 0 Å². The smallest absolute Gasteiger partial charge is 0.192 e. The molecule has 0 spiro atoms. The summed E-state index contributed by atoms with van der Waals surface area (Å²) in [5, 5.41) is 2.69. The Balaban J connectivity index is 2.23. The van der Waals surface area contributed by atoms with Crippen molar-refractivity contribution in [2.75, 3.05) is 0 Å². The van der Waals surface area contributed by atoms with Crippen LogP contribution >= 0.6 is 0 Å². The second kappa shape index (κ2) is 5.17. The Bertz CT molecular complexity index is 996. The number of hydrogen-bond donors (Lipinski definition) is 0. The number of hydrogen-bond acceptors (Lipinski definition) is 0. The van der Waals surface area contributed by atoms with Crippen molar-refractivity contribution in [2.45, 2.75) is 58.9 Å². The average Bonchev–Trinajstić information content (AvgIpc) is 2.61. The van der Waals surface area contributed by atoms with E-state index in [0.717, 1.165) is 6.42 Å². The minimum Gasteiger partial charge on any atom is -0.192 e. The molecule has 1 aliphatic rings. The van der Waals surface area contributed by atoms with Crippen molar-refractivity contribution < 1.29 is 4.57 Å². The van der Waals surface area contributed by atoms with Crippen LogP contribution < -0.4 is 4.57 Å². The van der Waals surface area contributed by atoms with Crippen LogP contribution in [0.25, 0.3) is 22.0 Å². The number of fused-ring (bicyclic) bond motifs is 5. The van der Waals surface area contributed by atoms with E-state index in [2.05, 4.69) is 94.8 Å². The molecule has 1 aliphatic heterocycles. The van der Waals surface area contributed by atoms with E-state index in [1.54, 1.807) is 0 Å². The largest absolute Gasteiger partial charge is 0.214 e. The summed E-state index contributed by atoms with van der Waals surface area (Å²) in [5.41, 5.74) is 7.09. The van der Waals surface area contributed by atoms with E-state index >= 15 is 0 Å². The van der Waals surface area contributed by atoms with Gasteiger partial charge < -0.3 is 0 Å². The molecule has 0 amide bonds. The molecule has 0 saturated carbocycles. The molecule has 1 unspecified atom stereocenters. The molecule has 0 N–H and O–H groups in total. The van der Waals surface area contributed by atoms with Crippen LogP contribution in [0.5, 0.6) is 0 Å². The first-order chi connectivity index (χ1) is 11.8. The van der Waals surface area contributed by atoms with Crippen molar-refractivity contribution in [3.8, 4) is 11.3 Å². The van der Waals surface area contributed by atoms with Crippen LogP contribution in [0.1, 0.15) is 50.8 Å². The molecule has 1 aromatic heterocycles. The third-order valence-corrected chi connectivity index (χ3v) is 7.00. The number of pyridine rings is 1. The quantitative estimate of drug-likeness (QED) is 0.494. The van der Waals surface area contributed by atoms with Gasteiger partial charge in [-0.1, -0.05) is 43.3 Å². The van der Waals surface area contributed by atoms with Gasteiger partial charge in [0.05, 0.1) is 11.0 Å². The molecule has 25 heavy (non-hydrogen) atoms. The van der Waals surface area contributed by atoms with Gasteiger partial charge >= 0.3 is 0 Å². The zero-order valence-corrected chi connectivity index (χ0v) is 16.3. The molecule has 1 atom stereocenters. The first kappa shape index (κ1) is 16.3. The molecule has 4 rings (SSSR count). The minimum atomic E-state index is 0.0188. The number of aromatic nitrogens is 1. The highest BCUT2D eigenvalue weighted by molar-refractivity contribution is 5.97. The van der Waals surface area contributed by atoms with Crippen molar-refractivity contribution in [3.05, 3.63) is 65.4 Å². The Morgan fingerprint density at radius 1 is 0.920 bits per heavy atom. The van der Waals surface area contributed by atoms with Gasteiger partial charge in [0, 0.05) is 25.5 Å². The Labute approximate surface area is 151 Å². The molecule has 128 valence electrons. The fraction of sp³-hybridized carbons (Fsp3) is 0.375. The molecule has 2 heterocycles. The van der Waals surface area contributed by atoms with Crippen LogP contribution in [-0.4, -0.2) is 0 Å². The summed E-state index contributed by atoms with van der Waals surface area (Å²) in [5.74, 6) is 0. The minimum absolute atomic E-state index is 0.0188. The van der Waals surface area contributed by atoms with Crippen LogP contribution in [-0.2, 0) is 11.0 Å². The molecular formula is C24H28N+. The standard InChI is InChI=1S/C24H28N/c1-7-24(6)20-13-12-18-10-8-9-11-19(18)22(20)21-14-16(2)17(3)15-25(21)23(24,4)5/h8-15H,7H2,1-6H3/q+1. The van der Waals surface area contributed by atoms with Crippen LogP contribution in [0.4, 0.5) is 0 Å². The summed E-state index contributed by atoms with van der Waals surface area (Å²) in [6, 6.07) is 15.9. The number of nitrogens with zero attached hydrogens (tertiary/aromatic N) is 1. The van der Waals surface area contributed by atoms with Crippen molar-refractivity contribution in [1.82, 2.24) is 0 Å². The lowest BCUT2D eigenvalue weighted by Crippen LogP contribution is -2.66. The Morgan fingerprint density at radius 3 is 2.36 bits per heavy atom. The van der Waals surface area contributed by atoms with Gasteiger partial charge in [-0.15, -0.1) is 0 Å². The van der Waals surface area contributed by atoms with Crippen molar-refractivity contribution >= 4 is 10.8 Å². The van der Waals surface area contributed by atoms with Crippen LogP contribution in [0, 0.1) is 13.8 Å². The predicted molar refractivity (Wildman–Crippen MR) is 106 cm³/mol. The first-order valence-electron chi connectivity index (χ1n) is 9.37. The highest BCUT2D eigenvalue weighted by Crippen LogP contribution is 2.49. The lowest BCUT2D eigenvalue weighted by Gasteiger charge is -2.45. The van der Waals surface area contributed by atoms with E-state index in [1.807, 2.05) is 0 Å². The zero-order valence-electron chi connectivity index (χ0n) is 16.3. The third-order valence-electron chi connectivity index (χ3n) is 7.00. The molecule has 0 radical (unpaired) electrons. The summed E-state index contributed by atoms with van der Waals surface area (Å²) in [6.45, 7) is 14.0. The SMILES string of the molecule is CCC1(C)c2ccc3ccccc3c2-c2cc(C)c(C)c[n+]2C1(C)C. The fourth-order valence-corrected chi connectivity index (χ4v) is 4.63. The van der Waals surface area contributed by atoms with Crippen molar-refractivity contribution in [1.29, 1.82) is 0 Å². The Hall–Kier alpha value is -2.15. The average molecular weight is 330 g/mol. The van der Waals surface area contributed by atoms with Crippen LogP contribution in [0.3, 0.4) is 0 Å². The predicted octanol–water partition coefficient (Wildman–Crippen LogP) is 5.83. The maximum atomic E-state index is 2.54. The highest BCUT2D eigenvalue weighted by atomic mass is 15.1. The highest BCUT2D eigenvalue weighted by Gasteiger charge is 2.54. The third kappa shape index (κ3) is 1.99. The van der Waals surface area contributed by atoms with Crippen molar-refractivity contribution in [3.63, 3.8) is 0 Å². The monoisotopic (exact) mass is 330 g/mol. The molecule has 1 nitrogen and oxygen atoms in total. The molecule has 0 saturated heterocycles. The van der Waals surface area contributed by atoms with E-state index in [1.165, 1.54) is 38.7 Å². The summed E-state index contributed by atoms with van der Waals surface area (Å²) < 4.78 is 2.54. The number of benzene rings is 2. The topological polar surface area (TPSA) is 3.88 Å². The lowest BCUT2D eigenvalue weighted by molar-refractivity contribution is -0.761. The van der Waals surface area contributed by atoms with E-state index < -0.39 is 0 Å². The first-order valence-corrected chi connectivity index (χ1v) is 9.37. The van der Waals surface area contributed by atoms with Crippen LogP contribution in [0.2, 0.25) is 0 Å². The van der Waals surface area contributed by atoms with Gasteiger partial charge in [-0.3, -0.25) is 0 Å². The number of aryl methyl sites for hydroxylation is 2. The second-order valence-corrected chi connectivity index (χ2v) is 8.35. The van der Waals surface area contributed by atoms with E-state index in [0.29, 0.717) is 0 Å². The normalized spacial score (nSPS) is 21.0. The zero-order chi connectivity index (χ0) is 18.0. The van der Waals surface area contributed by atoms with E-state index in [-0.39, 0.29) is 11.0 Å². The van der Waals surface area contributed by atoms with Gasteiger partial charge in [0.2, 0.25) is 5.69 Å².